The van der Waals surface area contributed by atoms with E-state index in [0.717, 1.165) is 0 Å². The molecule has 0 spiro atoms. The molecule has 18 heavy (non-hydrogen) atoms. The van der Waals surface area contributed by atoms with Gasteiger partial charge in [0, 0.05) is 12.1 Å². The normalized spacial score (nSPS) is 22.7. The maximum atomic E-state index is 11.8. The molecule has 2 atom stereocenters. The smallest absolute Gasteiger partial charge is 0.306 e. The number of amides is 1. The first-order valence-corrected chi connectivity index (χ1v) is 5.79. The van der Waals surface area contributed by atoms with E-state index in [2.05, 4.69) is 10.3 Å². The molecule has 1 aromatic heterocycles. The Bertz CT molecular complexity index is 523. The molecule has 1 aromatic rings. The first-order valence-electron chi connectivity index (χ1n) is 5.79. The largest absolute Gasteiger partial charge is 0.481 e. The van der Waals surface area contributed by atoms with Gasteiger partial charge >= 0.3 is 5.97 Å². The van der Waals surface area contributed by atoms with E-state index in [-0.39, 0.29) is 29.1 Å². The lowest BCUT2D eigenvalue weighted by atomic mass is 10.1. The van der Waals surface area contributed by atoms with Crippen LogP contribution in [0.2, 0.25) is 0 Å². The second-order valence-corrected chi connectivity index (χ2v) is 4.45. The number of carboxylic acid groups (broad SMARTS) is 1. The van der Waals surface area contributed by atoms with Crippen molar-refractivity contribution < 1.29 is 14.7 Å². The number of nitrogens with one attached hydrogen (secondary N) is 2. The molecule has 1 amide bonds. The predicted molar refractivity (Wildman–Crippen MR) is 63.3 cm³/mol. The highest BCUT2D eigenvalue weighted by atomic mass is 16.4. The molecular formula is C12H14N2O4. The Morgan fingerprint density at radius 1 is 1.33 bits per heavy atom. The third kappa shape index (κ3) is 2.77. The van der Waals surface area contributed by atoms with Crippen molar-refractivity contribution in [1.82, 2.24) is 10.3 Å². The van der Waals surface area contributed by atoms with Crippen molar-refractivity contribution in [3.63, 3.8) is 0 Å². The number of pyridine rings is 1. The number of hydrogen-bond acceptors (Lipinski definition) is 3. The molecule has 0 aromatic carbocycles. The first-order chi connectivity index (χ1) is 8.56. The minimum Gasteiger partial charge on any atom is -0.481 e. The van der Waals surface area contributed by atoms with Crippen LogP contribution < -0.4 is 10.9 Å². The van der Waals surface area contributed by atoms with Crippen molar-refractivity contribution in [1.29, 1.82) is 0 Å². The van der Waals surface area contributed by atoms with E-state index in [1.165, 1.54) is 18.2 Å². The summed E-state index contributed by atoms with van der Waals surface area (Å²) < 4.78 is 0. The second-order valence-electron chi connectivity index (χ2n) is 4.45. The van der Waals surface area contributed by atoms with E-state index in [1.54, 1.807) is 0 Å². The van der Waals surface area contributed by atoms with Gasteiger partial charge in [0.05, 0.1) is 5.92 Å². The maximum absolute atomic E-state index is 11.8. The van der Waals surface area contributed by atoms with Crippen LogP contribution in [0.15, 0.2) is 23.0 Å². The number of carbonyl (C=O) groups is 2. The van der Waals surface area contributed by atoms with Crippen LogP contribution >= 0.6 is 0 Å². The molecule has 6 heteroatoms. The Morgan fingerprint density at radius 2 is 2.11 bits per heavy atom. The van der Waals surface area contributed by atoms with Gasteiger partial charge in [-0.15, -0.1) is 0 Å². The minimum absolute atomic E-state index is 0.137. The molecule has 1 fully saturated rings. The van der Waals surface area contributed by atoms with E-state index in [1.807, 2.05) is 0 Å². The van der Waals surface area contributed by atoms with Gasteiger partial charge in [0.15, 0.2) is 0 Å². The fourth-order valence-corrected chi connectivity index (χ4v) is 2.18. The highest BCUT2D eigenvalue weighted by Gasteiger charge is 2.30. The number of aliphatic carboxylic acids is 1. The molecule has 96 valence electrons. The maximum Gasteiger partial charge on any atom is 0.306 e. The summed E-state index contributed by atoms with van der Waals surface area (Å²) in [5.41, 5.74) is -0.140. The van der Waals surface area contributed by atoms with Gasteiger partial charge in [-0.2, -0.15) is 0 Å². The van der Waals surface area contributed by atoms with Gasteiger partial charge in [-0.1, -0.05) is 6.07 Å². The Hall–Kier alpha value is -2.11. The molecular weight excluding hydrogens is 236 g/mol. The van der Waals surface area contributed by atoms with Crippen molar-refractivity contribution >= 4 is 11.9 Å². The average molecular weight is 250 g/mol. The fraction of sp³-hybridized carbons (Fsp3) is 0.417. The van der Waals surface area contributed by atoms with Crippen LogP contribution in [-0.2, 0) is 4.79 Å². The molecule has 2 unspecified atom stereocenters. The number of aromatic nitrogens is 1. The van der Waals surface area contributed by atoms with Crippen LogP contribution in [0, 0.1) is 5.92 Å². The molecule has 0 radical (unpaired) electrons. The van der Waals surface area contributed by atoms with Crippen LogP contribution in [0.4, 0.5) is 0 Å². The van der Waals surface area contributed by atoms with Gasteiger partial charge in [-0.3, -0.25) is 14.4 Å². The SMILES string of the molecule is O=C(NC1CCC(C(=O)O)C1)c1cccc(=O)[nH]1. The van der Waals surface area contributed by atoms with Crippen molar-refractivity contribution in [3.05, 3.63) is 34.2 Å². The van der Waals surface area contributed by atoms with E-state index < -0.39 is 5.97 Å². The Balaban J connectivity index is 1.97. The van der Waals surface area contributed by atoms with Crippen LogP contribution in [-0.4, -0.2) is 28.0 Å². The quantitative estimate of drug-likeness (QED) is 0.721. The summed E-state index contributed by atoms with van der Waals surface area (Å²) in [6.45, 7) is 0. The topological polar surface area (TPSA) is 99.3 Å². The van der Waals surface area contributed by atoms with Gasteiger partial charge in [-0.25, -0.2) is 0 Å². The van der Waals surface area contributed by atoms with E-state index in [9.17, 15) is 14.4 Å². The first kappa shape index (κ1) is 12.3. The summed E-state index contributed by atoms with van der Waals surface area (Å²) in [4.78, 5) is 36.1. The van der Waals surface area contributed by atoms with Crippen molar-refractivity contribution in [2.45, 2.75) is 25.3 Å². The zero-order valence-corrected chi connectivity index (χ0v) is 9.68. The van der Waals surface area contributed by atoms with E-state index >= 15 is 0 Å². The zero-order chi connectivity index (χ0) is 13.1. The molecule has 0 aliphatic heterocycles. The van der Waals surface area contributed by atoms with Gasteiger partial charge in [0.2, 0.25) is 5.56 Å². The highest BCUT2D eigenvalue weighted by molar-refractivity contribution is 5.92. The van der Waals surface area contributed by atoms with Crippen molar-refractivity contribution in [2.75, 3.05) is 0 Å². The summed E-state index contributed by atoms with van der Waals surface area (Å²) in [6.07, 6.45) is 1.67. The lowest BCUT2D eigenvalue weighted by Crippen LogP contribution is -2.34. The summed E-state index contributed by atoms with van der Waals surface area (Å²) in [7, 11) is 0. The third-order valence-electron chi connectivity index (χ3n) is 3.13. The van der Waals surface area contributed by atoms with Crippen LogP contribution in [0.3, 0.4) is 0 Å². The summed E-state index contributed by atoms with van der Waals surface area (Å²) in [5, 5.41) is 11.6. The van der Waals surface area contributed by atoms with E-state index in [4.69, 9.17) is 5.11 Å². The molecule has 2 rings (SSSR count). The molecule has 1 aliphatic carbocycles. The van der Waals surface area contributed by atoms with Gasteiger partial charge in [-0.05, 0) is 25.3 Å². The number of aromatic amines is 1. The molecule has 1 saturated carbocycles. The van der Waals surface area contributed by atoms with Gasteiger partial charge < -0.3 is 15.4 Å². The number of H-pyrrole nitrogens is 1. The number of rotatable bonds is 3. The number of hydrogen-bond donors (Lipinski definition) is 3. The van der Waals surface area contributed by atoms with Gasteiger partial charge in [0.25, 0.3) is 5.91 Å². The van der Waals surface area contributed by atoms with Crippen LogP contribution in [0.5, 0.6) is 0 Å². The lowest BCUT2D eigenvalue weighted by Gasteiger charge is -2.12. The molecule has 0 saturated heterocycles. The lowest BCUT2D eigenvalue weighted by molar-refractivity contribution is -0.141. The fourth-order valence-electron chi connectivity index (χ4n) is 2.18. The summed E-state index contributed by atoms with van der Waals surface area (Å²) >= 11 is 0. The monoisotopic (exact) mass is 250 g/mol. The van der Waals surface area contributed by atoms with E-state index in [0.29, 0.717) is 19.3 Å². The number of carboxylic acids is 1. The summed E-state index contributed by atoms with van der Waals surface area (Å²) in [5.74, 6) is -1.58. The molecule has 1 aliphatic rings. The average Bonchev–Trinajstić information content (AvgIpc) is 2.77. The van der Waals surface area contributed by atoms with Crippen molar-refractivity contribution in [3.8, 4) is 0 Å². The summed E-state index contributed by atoms with van der Waals surface area (Å²) in [6, 6.07) is 4.21. The highest BCUT2D eigenvalue weighted by Crippen LogP contribution is 2.25. The number of carbonyl (C=O) groups excluding carboxylic acids is 1. The predicted octanol–water partition coefficient (Wildman–Crippen LogP) is 0.358. The molecule has 3 N–H and O–H groups in total. The standard InChI is InChI=1S/C12H14N2O4/c15-10-3-1-2-9(14-10)11(16)13-8-5-4-7(6-8)12(17)18/h1-3,7-8H,4-6H2,(H,13,16)(H,14,15)(H,17,18). The second kappa shape index (κ2) is 5.03. The third-order valence-corrected chi connectivity index (χ3v) is 3.13. The Kier molecular flexibility index (Phi) is 3.45. The Morgan fingerprint density at radius 3 is 2.72 bits per heavy atom. The van der Waals surface area contributed by atoms with Crippen LogP contribution in [0.1, 0.15) is 29.8 Å². The van der Waals surface area contributed by atoms with Crippen molar-refractivity contribution in [2.24, 2.45) is 5.92 Å². The van der Waals surface area contributed by atoms with Crippen LogP contribution in [0.25, 0.3) is 0 Å². The van der Waals surface area contributed by atoms with Gasteiger partial charge in [0.1, 0.15) is 5.69 Å². The molecule has 6 nitrogen and oxygen atoms in total. The molecule has 1 heterocycles. The minimum atomic E-state index is -0.820. The molecule has 0 bridgehead atoms. The zero-order valence-electron chi connectivity index (χ0n) is 9.68. The Labute approximate surface area is 103 Å².